The molecule has 0 radical (unpaired) electrons. The summed E-state index contributed by atoms with van der Waals surface area (Å²) in [4.78, 5) is 10.2. The lowest BCUT2D eigenvalue weighted by atomic mass is 10.4. The summed E-state index contributed by atoms with van der Waals surface area (Å²) >= 11 is 7.06. The molecule has 11 heavy (non-hydrogen) atoms. The van der Waals surface area contributed by atoms with E-state index in [0.29, 0.717) is 4.77 Å². The molecule has 0 fully saturated rings. The third-order valence-electron chi connectivity index (χ3n) is 1.34. The molecule has 0 unspecified atom stereocenters. The average Bonchev–Trinajstić information content (AvgIpc) is 2.27. The van der Waals surface area contributed by atoms with Gasteiger partial charge in [0.05, 0.1) is 5.52 Å². The maximum atomic E-state index is 4.90. The number of H-pyrrole nitrogens is 2. The third kappa shape index (κ3) is 1.30. The van der Waals surface area contributed by atoms with Gasteiger partial charge in [0.2, 0.25) is 0 Å². The summed E-state index contributed by atoms with van der Waals surface area (Å²) in [6, 6.07) is 3.89. The van der Waals surface area contributed by atoms with Crippen molar-refractivity contribution in [3.05, 3.63) is 20.6 Å². The minimum Gasteiger partial charge on any atom is -0.329 e. The number of aromatic amines is 2. The highest BCUT2D eigenvalue weighted by Crippen LogP contribution is 2.08. The summed E-state index contributed by atoms with van der Waals surface area (Å²) in [5, 5.41) is 0. The second kappa shape index (κ2) is 2.56. The lowest BCUT2D eigenvalue weighted by Gasteiger charge is -1.87. The zero-order valence-corrected chi connectivity index (χ0v) is 8.36. The molecule has 5 heteroatoms. The quantitative estimate of drug-likeness (QED) is 0.440. The van der Waals surface area contributed by atoms with Crippen LogP contribution in [0.1, 0.15) is 0 Å². The van der Waals surface area contributed by atoms with Gasteiger partial charge in [0, 0.05) is 0 Å². The number of hydrogen-bond acceptors (Lipinski definition) is 2. The van der Waals surface area contributed by atoms with Gasteiger partial charge in [-0.3, -0.25) is 0 Å². The molecule has 2 rings (SSSR count). The standard InChI is InChI=1S/C6H4IN3S/c7-4-2-1-3-5(9-4)10-6(11)8-3/h1-2H,(H2,8,9,10,11). The topological polar surface area (TPSA) is 44.5 Å². The van der Waals surface area contributed by atoms with Crippen molar-refractivity contribution in [3.8, 4) is 0 Å². The predicted molar refractivity (Wildman–Crippen MR) is 54.0 cm³/mol. The molecule has 0 spiro atoms. The fourth-order valence-electron chi connectivity index (χ4n) is 0.893. The van der Waals surface area contributed by atoms with Crippen LogP contribution >= 0.6 is 34.8 Å². The predicted octanol–water partition coefficient (Wildman–Crippen LogP) is 2.23. The molecule has 3 nitrogen and oxygen atoms in total. The monoisotopic (exact) mass is 277 g/mol. The van der Waals surface area contributed by atoms with Crippen molar-refractivity contribution < 1.29 is 0 Å². The first-order valence-electron chi connectivity index (χ1n) is 3.00. The Kier molecular flexibility index (Phi) is 1.68. The second-order valence-corrected chi connectivity index (χ2v) is 3.62. The summed E-state index contributed by atoms with van der Waals surface area (Å²) in [6.07, 6.45) is 0. The maximum Gasteiger partial charge on any atom is 0.176 e. The first-order chi connectivity index (χ1) is 5.25. The highest BCUT2D eigenvalue weighted by atomic mass is 127. The van der Waals surface area contributed by atoms with Crippen LogP contribution in [0.3, 0.4) is 0 Å². The molecule has 0 aromatic carbocycles. The van der Waals surface area contributed by atoms with Crippen molar-refractivity contribution in [1.29, 1.82) is 0 Å². The van der Waals surface area contributed by atoms with Crippen LogP contribution in [0.15, 0.2) is 12.1 Å². The van der Waals surface area contributed by atoms with Crippen molar-refractivity contribution in [2.75, 3.05) is 0 Å². The molecule has 56 valence electrons. The van der Waals surface area contributed by atoms with E-state index in [1.807, 2.05) is 12.1 Å². The van der Waals surface area contributed by atoms with E-state index in [1.165, 1.54) is 0 Å². The van der Waals surface area contributed by atoms with Crippen molar-refractivity contribution >= 4 is 46.0 Å². The summed E-state index contributed by atoms with van der Waals surface area (Å²) in [5.41, 5.74) is 1.78. The molecule has 2 aromatic heterocycles. The maximum absolute atomic E-state index is 4.90. The molecule has 0 bridgehead atoms. The molecule has 0 saturated carbocycles. The lowest BCUT2D eigenvalue weighted by Crippen LogP contribution is -1.79. The van der Waals surface area contributed by atoms with Crippen LogP contribution in [-0.4, -0.2) is 15.0 Å². The van der Waals surface area contributed by atoms with Gasteiger partial charge >= 0.3 is 0 Å². The van der Waals surface area contributed by atoms with E-state index >= 15 is 0 Å². The molecule has 0 aliphatic rings. The summed E-state index contributed by atoms with van der Waals surface area (Å²) < 4.78 is 1.58. The molecule has 0 aliphatic carbocycles. The fourth-order valence-corrected chi connectivity index (χ4v) is 1.52. The molecular formula is C6H4IN3S. The van der Waals surface area contributed by atoms with E-state index in [4.69, 9.17) is 12.2 Å². The van der Waals surface area contributed by atoms with Crippen molar-refractivity contribution in [2.24, 2.45) is 0 Å². The number of fused-ring (bicyclic) bond motifs is 1. The normalized spacial score (nSPS) is 10.6. The summed E-state index contributed by atoms with van der Waals surface area (Å²) in [6.45, 7) is 0. The smallest absolute Gasteiger partial charge is 0.176 e. The van der Waals surface area contributed by atoms with E-state index in [-0.39, 0.29) is 0 Å². The Hall–Kier alpha value is -0.430. The highest BCUT2D eigenvalue weighted by molar-refractivity contribution is 14.1. The van der Waals surface area contributed by atoms with Gasteiger partial charge in [-0.15, -0.1) is 0 Å². The first kappa shape index (κ1) is 7.23. The number of aromatic nitrogens is 3. The Morgan fingerprint density at radius 3 is 3.00 bits per heavy atom. The number of imidazole rings is 1. The van der Waals surface area contributed by atoms with Crippen LogP contribution in [-0.2, 0) is 0 Å². The Morgan fingerprint density at radius 1 is 1.36 bits per heavy atom. The fraction of sp³-hybridized carbons (Fsp3) is 0. The van der Waals surface area contributed by atoms with Crippen LogP contribution in [0.2, 0.25) is 0 Å². The van der Waals surface area contributed by atoms with Gasteiger partial charge in [0.1, 0.15) is 3.70 Å². The number of hydrogen-bond donors (Lipinski definition) is 2. The van der Waals surface area contributed by atoms with E-state index in [0.717, 1.165) is 14.9 Å². The molecule has 0 saturated heterocycles. The van der Waals surface area contributed by atoms with Crippen LogP contribution in [0, 0.1) is 8.47 Å². The second-order valence-electron chi connectivity index (χ2n) is 2.11. The van der Waals surface area contributed by atoms with Gasteiger partial charge in [-0.05, 0) is 46.9 Å². The largest absolute Gasteiger partial charge is 0.329 e. The summed E-state index contributed by atoms with van der Waals surface area (Å²) in [5.74, 6) is 0. The van der Waals surface area contributed by atoms with Crippen molar-refractivity contribution in [3.63, 3.8) is 0 Å². The molecule has 0 amide bonds. The van der Waals surface area contributed by atoms with Gasteiger partial charge in [-0.25, -0.2) is 4.98 Å². The highest BCUT2D eigenvalue weighted by Gasteiger charge is 1.96. The van der Waals surface area contributed by atoms with Gasteiger partial charge in [-0.2, -0.15) is 0 Å². The van der Waals surface area contributed by atoms with Crippen molar-refractivity contribution in [2.45, 2.75) is 0 Å². The zero-order chi connectivity index (χ0) is 7.84. The molecular weight excluding hydrogens is 273 g/mol. The van der Waals surface area contributed by atoms with Gasteiger partial charge < -0.3 is 9.97 Å². The van der Waals surface area contributed by atoms with E-state index in [9.17, 15) is 0 Å². The zero-order valence-electron chi connectivity index (χ0n) is 5.39. The molecule has 0 atom stereocenters. The first-order valence-corrected chi connectivity index (χ1v) is 4.49. The number of nitrogens with zero attached hydrogens (tertiary/aromatic N) is 1. The van der Waals surface area contributed by atoms with E-state index in [1.54, 1.807) is 0 Å². The Balaban J connectivity index is 2.92. The third-order valence-corrected chi connectivity index (χ3v) is 2.15. The van der Waals surface area contributed by atoms with Crippen LogP contribution in [0.4, 0.5) is 0 Å². The number of nitrogens with one attached hydrogen (secondary N) is 2. The molecule has 2 aromatic rings. The Labute approximate surface area is 81.4 Å². The summed E-state index contributed by atoms with van der Waals surface area (Å²) in [7, 11) is 0. The molecule has 0 aliphatic heterocycles. The average molecular weight is 277 g/mol. The van der Waals surface area contributed by atoms with Crippen molar-refractivity contribution in [1.82, 2.24) is 15.0 Å². The SMILES string of the molecule is S=c1[nH]c2ccc(I)nc2[nH]1. The Morgan fingerprint density at radius 2 is 2.18 bits per heavy atom. The van der Waals surface area contributed by atoms with Gasteiger partial charge in [0.15, 0.2) is 10.4 Å². The van der Waals surface area contributed by atoms with E-state index in [2.05, 4.69) is 37.5 Å². The van der Waals surface area contributed by atoms with Gasteiger partial charge in [-0.1, -0.05) is 0 Å². The van der Waals surface area contributed by atoms with Crippen LogP contribution < -0.4 is 0 Å². The number of pyridine rings is 1. The van der Waals surface area contributed by atoms with Gasteiger partial charge in [0.25, 0.3) is 0 Å². The van der Waals surface area contributed by atoms with Crippen LogP contribution in [0.5, 0.6) is 0 Å². The number of rotatable bonds is 0. The lowest BCUT2D eigenvalue weighted by molar-refractivity contribution is 1.25. The molecule has 2 heterocycles. The van der Waals surface area contributed by atoms with Crippen LogP contribution in [0.25, 0.3) is 11.2 Å². The van der Waals surface area contributed by atoms with E-state index < -0.39 is 0 Å². The Bertz CT molecular complexity index is 444. The molecule has 2 N–H and O–H groups in total. The number of halogens is 1. The minimum atomic E-state index is 0.620. The minimum absolute atomic E-state index is 0.620.